The third-order valence-corrected chi connectivity index (χ3v) is 4.62. The molecule has 0 N–H and O–H groups in total. The lowest BCUT2D eigenvalue weighted by Gasteiger charge is -2.39. The Labute approximate surface area is 138 Å². The van der Waals surface area contributed by atoms with Gasteiger partial charge in [-0.3, -0.25) is 10.1 Å². The van der Waals surface area contributed by atoms with E-state index >= 15 is 0 Å². The standard InChI is InChI=1S/C17H27N3O3/c1-5-23-17-12-15(6-7-16(17)20(21)22)18(4)14-8-10-19(11-9-14)13(2)3/h6-7,12-14H,5,8-11H2,1-4H3. The lowest BCUT2D eigenvalue weighted by atomic mass is 10.0. The molecule has 1 aliphatic rings. The zero-order valence-corrected chi connectivity index (χ0v) is 14.5. The van der Waals surface area contributed by atoms with E-state index < -0.39 is 4.92 Å². The first-order valence-corrected chi connectivity index (χ1v) is 8.32. The topological polar surface area (TPSA) is 58.8 Å². The zero-order chi connectivity index (χ0) is 17.0. The summed E-state index contributed by atoms with van der Waals surface area (Å²) in [5.41, 5.74) is 1.00. The third-order valence-electron chi connectivity index (χ3n) is 4.62. The van der Waals surface area contributed by atoms with E-state index in [1.54, 1.807) is 12.1 Å². The molecule has 1 saturated heterocycles. The molecule has 1 fully saturated rings. The molecule has 0 aromatic heterocycles. The average Bonchev–Trinajstić information content (AvgIpc) is 2.54. The molecule has 1 aliphatic heterocycles. The summed E-state index contributed by atoms with van der Waals surface area (Å²) < 4.78 is 5.45. The van der Waals surface area contributed by atoms with Crippen molar-refractivity contribution in [1.82, 2.24) is 4.90 Å². The van der Waals surface area contributed by atoms with Gasteiger partial charge >= 0.3 is 5.69 Å². The number of likely N-dealkylation sites (tertiary alicyclic amines) is 1. The van der Waals surface area contributed by atoms with E-state index in [1.165, 1.54) is 0 Å². The Morgan fingerprint density at radius 3 is 2.57 bits per heavy atom. The molecule has 0 radical (unpaired) electrons. The first-order chi connectivity index (χ1) is 10.9. The number of nitro groups is 1. The molecule has 128 valence electrons. The van der Waals surface area contributed by atoms with Gasteiger partial charge in [0, 0.05) is 50.0 Å². The number of benzene rings is 1. The number of hydrogen-bond acceptors (Lipinski definition) is 5. The number of piperidine rings is 1. The van der Waals surface area contributed by atoms with Crippen LogP contribution in [0, 0.1) is 10.1 Å². The van der Waals surface area contributed by atoms with Crippen molar-refractivity contribution in [2.75, 3.05) is 31.6 Å². The molecule has 0 unspecified atom stereocenters. The second-order valence-electron chi connectivity index (χ2n) is 6.31. The Kier molecular flexibility index (Phi) is 5.82. The molecule has 6 nitrogen and oxygen atoms in total. The number of rotatable bonds is 6. The van der Waals surface area contributed by atoms with Crippen LogP contribution in [0.15, 0.2) is 18.2 Å². The van der Waals surface area contributed by atoms with Gasteiger partial charge in [0.05, 0.1) is 11.5 Å². The van der Waals surface area contributed by atoms with E-state index in [0.717, 1.165) is 31.6 Å². The van der Waals surface area contributed by atoms with Gasteiger partial charge in [-0.15, -0.1) is 0 Å². The average molecular weight is 321 g/mol. The summed E-state index contributed by atoms with van der Waals surface area (Å²) in [6.45, 7) is 8.90. The van der Waals surface area contributed by atoms with Crippen LogP contribution in [0.5, 0.6) is 5.75 Å². The van der Waals surface area contributed by atoms with Crippen molar-refractivity contribution in [3.05, 3.63) is 28.3 Å². The van der Waals surface area contributed by atoms with Crippen molar-refractivity contribution in [1.29, 1.82) is 0 Å². The highest BCUT2D eigenvalue weighted by molar-refractivity contribution is 5.59. The van der Waals surface area contributed by atoms with Crippen LogP contribution in [-0.2, 0) is 0 Å². The second-order valence-corrected chi connectivity index (χ2v) is 6.31. The molecule has 6 heteroatoms. The van der Waals surface area contributed by atoms with E-state index in [0.29, 0.717) is 24.4 Å². The van der Waals surface area contributed by atoms with Gasteiger partial charge in [0.2, 0.25) is 0 Å². The van der Waals surface area contributed by atoms with Gasteiger partial charge in [0.1, 0.15) is 0 Å². The first kappa shape index (κ1) is 17.5. The first-order valence-electron chi connectivity index (χ1n) is 8.32. The highest BCUT2D eigenvalue weighted by atomic mass is 16.6. The number of hydrogen-bond donors (Lipinski definition) is 0. The lowest BCUT2D eigenvalue weighted by Crippen LogP contribution is -2.45. The van der Waals surface area contributed by atoms with E-state index in [1.807, 2.05) is 13.0 Å². The van der Waals surface area contributed by atoms with Gasteiger partial charge in [0.15, 0.2) is 5.75 Å². The van der Waals surface area contributed by atoms with Crippen molar-refractivity contribution >= 4 is 11.4 Å². The normalized spacial score (nSPS) is 16.6. The molecule has 0 aliphatic carbocycles. The fourth-order valence-corrected chi connectivity index (χ4v) is 3.14. The molecule has 0 spiro atoms. The largest absolute Gasteiger partial charge is 0.487 e. The maximum atomic E-state index is 11.1. The number of anilines is 1. The second kappa shape index (κ2) is 7.64. The summed E-state index contributed by atoms with van der Waals surface area (Å²) in [7, 11) is 2.06. The van der Waals surface area contributed by atoms with E-state index in [9.17, 15) is 10.1 Å². The zero-order valence-electron chi connectivity index (χ0n) is 14.5. The molecule has 0 saturated carbocycles. The highest BCUT2D eigenvalue weighted by Gasteiger charge is 2.25. The summed E-state index contributed by atoms with van der Waals surface area (Å²) in [4.78, 5) is 15.4. The predicted molar refractivity (Wildman–Crippen MR) is 92.4 cm³/mol. The minimum Gasteiger partial charge on any atom is -0.487 e. The van der Waals surface area contributed by atoms with Crippen LogP contribution in [0.2, 0.25) is 0 Å². The van der Waals surface area contributed by atoms with Crippen molar-refractivity contribution in [2.45, 2.75) is 45.7 Å². The summed E-state index contributed by atoms with van der Waals surface area (Å²) in [6, 6.07) is 6.19. The van der Waals surface area contributed by atoms with Gasteiger partial charge in [-0.1, -0.05) is 0 Å². The quantitative estimate of drug-likeness (QED) is 0.594. The molecule has 0 atom stereocenters. The molecule has 0 bridgehead atoms. The Morgan fingerprint density at radius 2 is 2.04 bits per heavy atom. The van der Waals surface area contributed by atoms with Gasteiger partial charge in [-0.25, -0.2) is 0 Å². The SMILES string of the molecule is CCOc1cc(N(C)C2CCN(C(C)C)CC2)ccc1[N+](=O)[O-]. The van der Waals surface area contributed by atoms with Crippen molar-refractivity contribution < 1.29 is 9.66 Å². The monoisotopic (exact) mass is 321 g/mol. The number of nitro benzene ring substituents is 1. The van der Waals surface area contributed by atoms with E-state index in [4.69, 9.17) is 4.74 Å². The van der Waals surface area contributed by atoms with Crippen LogP contribution in [-0.4, -0.2) is 48.7 Å². The molecule has 1 aromatic carbocycles. The molecular formula is C17H27N3O3. The number of nitrogens with zero attached hydrogens (tertiary/aromatic N) is 3. The summed E-state index contributed by atoms with van der Waals surface area (Å²) in [5.74, 6) is 0.349. The van der Waals surface area contributed by atoms with Crippen LogP contribution >= 0.6 is 0 Å². The smallest absolute Gasteiger partial charge is 0.311 e. The van der Waals surface area contributed by atoms with Crippen LogP contribution in [0.4, 0.5) is 11.4 Å². The Bertz CT molecular complexity index is 540. The predicted octanol–water partition coefficient (Wildman–Crippen LogP) is 3.30. The fraction of sp³-hybridized carbons (Fsp3) is 0.647. The molecule has 23 heavy (non-hydrogen) atoms. The molecular weight excluding hydrogens is 294 g/mol. The van der Waals surface area contributed by atoms with Crippen molar-refractivity contribution in [3.8, 4) is 5.75 Å². The van der Waals surface area contributed by atoms with Gasteiger partial charge in [-0.2, -0.15) is 0 Å². The molecule has 1 aromatic rings. The Hall–Kier alpha value is -1.82. The summed E-state index contributed by atoms with van der Waals surface area (Å²) >= 11 is 0. The Morgan fingerprint density at radius 1 is 1.39 bits per heavy atom. The minimum absolute atomic E-state index is 0.0265. The van der Waals surface area contributed by atoms with Crippen molar-refractivity contribution in [2.24, 2.45) is 0 Å². The van der Waals surface area contributed by atoms with Gasteiger partial charge < -0.3 is 14.5 Å². The number of ether oxygens (including phenoxy) is 1. The van der Waals surface area contributed by atoms with Crippen molar-refractivity contribution in [3.63, 3.8) is 0 Å². The van der Waals surface area contributed by atoms with E-state index in [2.05, 4.69) is 30.7 Å². The Balaban J connectivity index is 2.12. The lowest BCUT2D eigenvalue weighted by molar-refractivity contribution is -0.385. The maximum Gasteiger partial charge on any atom is 0.311 e. The van der Waals surface area contributed by atoms with Gasteiger partial charge in [0.25, 0.3) is 0 Å². The summed E-state index contributed by atoms with van der Waals surface area (Å²) in [5, 5.41) is 11.1. The van der Waals surface area contributed by atoms with Crippen LogP contribution in [0.3, 0.4) is 0 Å². The van der Waals surface area contributed by atoms with Crippen LogP contribution < -0.4 is 9.64 Å². The highest BCUT2D eigenvalue weighted by Crippen LogP contribution is 2.33. The molecule has 1 heterocycles. The van der Waals surface area contributed by atoms with Crippen LogP contribution in [0.1, 0.15) is 33.6 Å². The molecule has 2 rings (SSSR count). The fourth-order valence-electron chi connectivity index (χ4n) is 3.14. The minimum atomic E-state index is -0.393. The van der Waals surface area contributed by atoms with Crippen LogP contribution in [0.25, 0.3) is 0 Å². The maximum absolute atomic E-state index is 11.1. The van der Waals surface area contributed by atoms with E-state index in [-0.39, 0.29) is 5.69 Å². The van der Waals surface area contributed by atoms with Gasteiger partial charge in [-0.05, 0) is 39.7 Å². The third kappa shape index (κ3) is 4.13. The molecule has 0 amide bonds. The summed E-state index contributed by atoms with van der Waals surface area (Å²) in [6.07, 6.45) is 2.21.